The third-order valence-electron chi connectivity index (χ3n) is 5.15. The molecule has 1 fully saturated rings. The van der Waals surface area contributed by atoms with Gasteiger partial charge < -0.3 is 9.47 Å². The molecular formula is C21H23N3O4S. The van der Waals surface area contributed by atoms with Gasteiger partial charge in [0, 0.05) is 23.9 Å². The Balaban J connectivity index is 1.49. The van der Waals surface area contributed by atoms with Crippen LogP contribution in [0.2, 0.25) is 0 Å². The molecule has 1 aliphatic heterocycles. The molecule has 0 atom stereocenters. The number of piperidine rings is 1. The zero-order chi connectivity index (χ0) is 20.4. The quantitative estimate of drug-likeness (QED) is 0.639. The molecule has 0 spiro atoms. The highest BCUT2D eigenvalue weighted by molar-refractivity contribution is 7.89. The topological polar surface area (TPSA) is 81.6 Å². The Morgan fingerprint density at radius 2 is 1.86 bits per heavy atom. The lowest BCUT2D eigenvalue weighted by Crippen LogP contribution is -2.41. The zero-order valence-corrected chi connectivity index (χ0v) is 17.2. The Labute approximate surface area is 170 Å². The molecule has 0 aliphatic carbocycles. The van der Waals surface area contributed by atoms with Crippen molar-refractivity contribution in [3.8, 4) is 11.6 Å². The fourth-order valence-corrected chi connectivity index (χ4v) is 5.27. The van der Waals surface area contributed by atoms with Gasteiger partial charge in [0.05, 0.1) is 13.3 Å². The fourth-order valence-electron chi connectivity index (χ4n) is 3.56. The fraction of sp³-hybridized carbons (Fsp3) is 0.333. The van der Waals surface area contributed by atoms with Crippen LogP contribution in [0.25, 0.3) is 10.8 Å². The molecule has 0 saturated carbocycles. The summed E-state index contributed by atoms with van der Waals surface area (Å²) in [7, 11) is -2.15. The average Bonchev–Trinajstić information content (AvgIpc) is 2.74. The van der Waals surface area contributed by atoms with Gasteiger partial charge in [0.25, 0.3) is 0 Å². The van der Waals surface area contributed by atoms with Gasteiger partial charge in [-0.05, 0) is 43.5 Å². The number of sulfonamides is 1. The van der Waals surface area contributed by atoms with Crippen LogP contribution in [0.1, 0.15) is 18.4 Å². The van der Waals surface area contributed by atoms with Gasteiger partial charge >= 0.3 is 0 Å². The van der Waals surface area contributed by atoms with Crippen LogP contribution in [0, 0.1) is 6.92 Å². The van der Waals surface area contributed by atoms with Crippen LogP contribution in [0.5, 0.6) is 11.6 Å². The molecule has 4 rings (SSSR count). The first kappa shape index (κ1) is 19.6. The van der Waals surface area contributed by atoms with Crippen molar-refractivity contribution in [1.82, 2.24) is 14.5 Å². The van der Waals surface area contributed by atoms with Crippen molar-refractivity contribution < 1.29 is 17.9 Å². The van der Waals surface area contributed by atoms with Crippen LogP contribution >= 0.6 is 0 Å². The van der Waals surface area contributed by atoms with Crippen molar-refractivity contribution in [3.05, 3.63) is 54.2 Å². The molecule has 2 heterocycles. The summed E-state index contributed by atoms with van der Waals surface area (Å²) in [5, 5.41) is 10.00. The van der Waals surface area contributed by atoms with E-state index >= 15 is 0 Å². The Morgan fingerprint density at radius 1 is 1.10 bits per heavy atom. The van der Waals surface area contributed by atoms with Crippen molar-refractivity contribution in [2.75, 3.05) is 20.2 Å². The molecule has 0 bridgehead atoms. The first-order valence-corrected chi connectivity index (χ1v) is 10.9. The SMILES string of the molecule is COc1ccc(C)cc1S(=O)(=O)N1CCC(Oc2nncc3ccccc23)CC1. The van der Waals surface area contributed by atoms with Crippen LogP contribution in [-0.2, 0) is 10.0 Å². The van der Waals surface area contributed by atoms with Gasteiger partial charge in [-0.3, -0.25) is 0 Å². The van der Waals surface area contributed by atoms with Gasteiger partial charge in [0.15, 0.2) is 0 Å². The van der Waals surface area contributed by atoms with Crippen LogP contribution in [0.4, 0.5) is 0 Å². The summed E-state index contributed by atoms with van der Waals surface area (Å²) in [5.41, 5.74) is 0.872. The first-order chi connectivity index (χ1) is 14.0. The number of nitrogens with zero attached hydrogens (tertiary/aromatic N) is 3. The Bertz CT molecular complexity index is 1120. The molecule has 0 unspecified atom stereocenters. The van der Waals surface area contributed by atoms with E-state index < -0.39 is 10.0 Å². The summed E-state index contributed by atoms with van der Waals surface area (Å²) in [5.74, 6) is 0.852. The summed E-state index contributed by atoms with van der Waals surface area (Å²) in [6, 6.07) is 13.0. The van der Waals surface area contributed by atoms with Crippen LogP contribution in [-0.4, -0.2) is 49.2 Å². The number of hydrogen-bond acceptors (Lipinski definition) is 6. The average molecular weight is 413 g/mol. The summed E-state index contributed by atoms with van der Waals surface area (Å²) < 4.78 is 39.1. The molecular weight excluding hydrogens is 390 g/mol. The van der Waals surface area contributed by atoms with E-state index in [1.165, 1.54) is 11.4 Å². The predicted molar refractivity (Wildman–Crippen MR) is 110 cm³/mol. The standard InChI is InChI=1S/C21H23N3O4S/c1-15-7-8-19(27-2)20(13-15)29(25,26)24-11-9-17(10-12-24)28-21-18-6-4-3-5-16(18)14-22-23-21/h3-8,13-14,17H,9-12H2,1-2H3. The maximum atomic E-state index is 13.1. The maximum Gasteiger partial charge on any atom is 0.246 e. The van der Waals surface area contributed by atoms with E-state index in [4.69, 9.17) is 9.47 Å². The van der Waals surface area contributed by atoms with Gasteiger partial charge in [-0.25, -0.2) is 8.42 Å². The lowest BCUT2D eigenvalue weighted by atomic mass is 10.1. The summed E-state index contributed by atoms with van der Waals surface area (Å²) in [6.45, 7) is 2.62. The summed E-state index contributed by atoms with van der Waals surface area (Å²) in [4.78, 5) is 0.208. The van der Waals surface area contributed by atoms with Crippen molar-refractivity contribution in [1.29, 1.82) is 0 Å². The van der Waals surface area contributed by atoms with E-state index in [9.17, 15) is 8.42 Å². The highest BCUT2D eigenvalue weighted by Crippen LogP contribution is 2.31. The van der Waals surface area contributed by atoms with Crippen LogP contribution in [0.3, 0.4) is 0 Å². The number of ether oxygens (including phenoxy) is 2. The molecule has 3 aromatic rings. The minimum Gasteiger partial charge on any atom is -0.495 e. The van der Waals surface area contributed by atoms with E-state index in [0.29, 0.717) is 37.6 Å². The molecule has 29 heavy (non-hydrogen) atoms. The van der Waals surface area contributed by atoms with Crippen LogP contribution < -0.4 is 9.47 Å². The van der Waals surface area contributed by atoms with Gasteiger partial charge in [-0.1, -0.05) is 24.3 Å². The molecule has 1 aliphatic rings. The second kappa shape index (κ2) is 7.96. The van der Waals surface area contributed by atoms with Gasteiger partial charge in [-0.2, -0.15) is 9.40 Å². The molecule has 152 valence electrons. The number of methoxy groups -OCH3 is 1. The normalized spacial score (nSPS) is 16.1. The summed E-state index contributed by atoms with van der Waals surface area (Å²) in [6.07, 6.45) is 2.75. The van der Waals surface area contributed by atoms with E-state index in [1.807, 2.05) is 37.3 Å². The maximum absolute atomic E-state index is 13.1. The minimum absolute atomic E-state index is 0.110. The highest BCUT2D eigenvalue weighted by atomic mass is 32.2. The molecule has 1 aromatic heterocycles. The van der Waals surface area contributed by atoms with Crippen molar-refractivity contribution in [2.45, 2.75) is 30.8 Å². The third-order valence-corrected chi connectivity index (χ3v) is 7.07. The first-order valence-electron chi connectivity index (χ1n) is 9.51. The molecule has 0 N–H and O–H groups in total. The van der Waals surface area contributed by atoms with Gasteiger partial charge in [0.1, 0.15) is 16.7 Å². The highest BCUT2D eigenvalue weighted by Gasteiger charge is 2.32. The number of aryl methyl sites for hydroxylation is 1. The number of rotatable bonds is 5. The largest absolute Gasteiger partial charge is 0.495 e. The van der Waals surface area contributed by atoms with Gasteiger partial charge in [-0.15, -0.1) is 5.10 Å². The lowest BCUT2D eigenvalue weighted by Gasteiger charge is -2.31. The predicted octanol–water partition coefficient (Wildman–Crippen LogP) is 3.18. The smallest absolute Gasteiger partial charge is 0.246 e. The monoisotopic (exact) mass is 413 g/mol. The molecule has 7 nitrogen and oxygen atoms in total. The molecule has 0 radical (unpaired) electrons. The third kappa shape index (κ3) is 3.90. The molecule has 8 heteroatoms. The van der Waals surface area contributed by atoms with E-state index in [-0.39, 0.29) is 11.0 Å². The van der Waals surface area contributed by atoms with Crippen molar-refractivity contribution in [2.24, 2.45) is 0 Å². The van der Waals surface area contributed by atoms with Crippen molar-refractivity contribution >= 4 is 20.8 Å². The molecule has 1 saturated heterocycles. The number of hydrogen-bond donors (Lipinski definition) is 0. The van der Waals surface area contributed by atoms with Crippen molar-refractivity contribution in [3.63, 3.8) is 0 Å². The summed E-state index contributed by atoms with van der Waals surface area (Å²) >= 11 is 0. The number of aromatic nitrogens is 2. The van der Waals surface area contributed by atoms with E-state index in [0.717, 1.165) is 16.3 Å². The zero-order valence-electron chi connectivity index (χ0n) is 16.4. The minimum atomic E-state index is -3.63. The van der Waals surface area contributed by atoms with E-state index in [1.54, 1.807) is 18.3 Å². The van der Waals surface area contributed by atoms with Gasteiger partial charge in [0.2, 0.25) is 15.9 Å². The molecule has 0 amide bonds. The van der Waals surface area contributed by atoms with E-state index in [2.05, 4.69) is 10.2 Å². The number of fused-ring (bicyclic) bond motifs is 1. The Kier molecular flexibility index (Phi) is 5.38. The Hall–Kier alpha value is -2.71. The second-order valence-corrected chi connectivity index (χ2v) is 9.02. The molecule has 2 aromatic carbocycles. The lowest BCUT2D eigenvalue weighted by molar-refractivity contribution is 0.130. The van der Waals surface area contributed by atoms with Crippen LogP contribution in [0.15, 0.2) is 53.6 Å². The Morgan fingerprint density at radius 3 is 2.62 bits per heavy atom. The second-order valence-electron chi connectivity index (χ2n) is 7.11. The number of benzene rings is 2.